The highest BCUT2D eigenvalue weighted by Gasteiger charge is 2.25. The molecule has 0 heterocycles. The molecule has 174 valence electrons. The van der Waals surface area contributed by atoms with E-state index in [1.54, 1.807) is 14.1 Å². The molecule has 1 aliphatic carbocycles. The van der Waals surface area contributed by atoms with E-state index in [9.17, 15) is 9.59 Å². The zero-order valence-corrected chi connectivity index (χ0v) is 19.5. The van der Waals surface area contributed by atoms with Gasteiger partial charge in [-0.05, 0) is 59.8 Å². The quantitative estimate of drug-likeness (QED) is 0.295. The molecule has 0 bridgehead atoms. The predicted octanol–water partition coefficient (Wildman–Crippen LogP) is 1.87. The minimum Gasteiger partial charge on any atom is -0.444 e. The Kier molecular flexibility index (Phi) is 11.5. The molecule has 1 aliphatic rings. The van der Waals surface area contributed by atoms with Gasteiger partial charge in [0, 0.05) is 45.9 Å². The maximum absolute atomic E-state index is 12.0. The first-order valence-electron chi connectivity index (χ1n) is 10.9. The van der Waals surface area contributed by atoms with Crippen LogP contribution in [0.2, 0.25) is 0 Å². The predicted molar refractivity (Wildman–Crippen MR) is 119 cm³/mol. The number of nitrogens with zero attached hydrogens (tertiary/aromatic N) is 2. The van der Waals surface area contributed by atoms with Gasteiger partial charge < -0.3 is 30.3 Å². The van der Waals surface area contributed by atoms with Gasteiger partial charge in [-0.3, -0.25) is 4.79 Å². The Morgan fingerprint density at radius 2 is 1.67 bits per heavy atom. The van der Waals surface area contributed by atoms with Crippen molar-refractivity contribution in [2.45, 2.75) is 77.5 Å². The SMILES string of the molecule is CCOCCCNC(=NCC(=O)N(C)C)NC1CCC(NC(=O)OC(C)(C)C)CC1. The topological polar surface area (TPSA) is 104 Å². The third-order valence-electron chi connectivity index (χ3n) is 4.62. The fraction of sp³-hybridized carbons (Fsp3) is 0.857. The molecule has 2 amide bonds. The van der Waals surface area contributed by atoms with Crippen LogP contribution in [-0.4, -0.2) is 80.9 Å². The van der Waals surface area contributed by atoms with Crippen molar-refractivity contribution in [3.8, 4) is 0 Å². The number of amides is 2. The van der Waals surface area contributed by atoms with Crippen molar-refractivity contribution < 1.29 is 19.1 Å². The highest BCUT2D eigenvalue weighted by Crippen LogP contribution is 2.19. The summed E-state index contributed by atoms with van der Waals surface area (Å²) in [5, 5.41) is 9.68. The van der Waals surface area contributed by atoms with Crippen molar-refractivity contribution in [2.24, 2.45) is 4.99 Å². The van der Waals surface area contributed by atoms with Gasteiger partial charge >= 0.3 is 6.09 Å². The van der Waals surface area contributed by atoms with E-state index in [0.717, 1.165) is 38.6 Å². The lowest BCUT2D eigenvalue weighted by atomic mass is 9.91. The van der Waals surface area contributed by atoms with Crippen molar-refractivity contribution in [1.82, 2.24) is 20.9 Å². The lowest BCUT2D eigenvalue weighted by molar-refractivity contribution is -0.127. The van der Waals surface area contributed by atoms with Crippen LogP contribution in [0.15, 0.2) is 4.99 Å². The second-order valence-electron chi connectivity index (χ2n) is 8.77. The summed E-state index contributed by atoms with van der Waals surface area (Å²) >= 11 is 0. The number of hydrogen-bond acceptors (Lipinski definition) is 5. The number of alkyl carbamates (subject to hydrolysis) is 1. The van der Waals surface area contributed by atoms with Gasteiger partial charge in [0.25, 0.3) is 0 Å². The summed E-state index contributed by atoms with van der Waals surface area (Å²) in [5.74, 6) is 0.598. The third kappa shape index (κ3) is 11.8. The van der Waals surface area contributed by atoms with Gasteiger partial charge in [0.05, 0.1) is 0 Å². The van der Waals surface area contributed by atoms with Crippen LogP contribution >= 0.6 is 0 Å². The third-order valence-corrected chi connectivity index (χ3v) is 4.62. The molecule has 0 unspecified atom stereocenters. The molecular weight excluding hydrogens is 386 g/mol. The number of likely N-dealkylation sites (N-methyl/N-ethyl adjacent to an activating group) is 1. The molecule has 1 fully saturated rings. The van der Waals surface area contributed by atoms with Crippen LogP contribution in [0.3, 0.4) is 0 Å². The Morgan fingerprint density at radius 3 is 2.20 bits per heavy atom. The number of carbonyl (C=O) groups is 2. The van der Waals surface area contributed by atoms with E-state index in [2.05, 4.69) is 20.9 Å². The number of aliphatic imine (C=N–C) groups is 1. The molecule has 0 aromatic heterocycles. The minimum absolute atomic E-state index is 0.0457. The van der Waals surface area contributed by atoms with Crippen LogP contribution < -0.4 is 16.0 Å². The first kappa shape index (κ1) is 26.0. The van der Waals surface area contributed by atoms with E-state index in [1.807, 2.05) is 27.7 Å². The van der Waals surface area contributed by atoms with Gasteiger partial charge in [0.2, 0.25) is 5.91 Å². The normalized spacial score (nSPS) is 19.7. The van der Waals surface area contributed by atoms with Gasteiger partial charge in [-0.2, -0.15) is 0 Å². The average Bonchev–Trinajstić information content (AvgIpc) is 2.65. The van der Waals surface area contributed by atoms with E-state index in [4.69, 9.17) is 9.47 Å². The standard InChI is InChI=1S/C21H41N5O4/c1-7-29-14-8-13-22-19(23-15-18(27)26(5)6)24-16-9-11-17(12-10-16)25-20(28)30-21(2,3)4/h16-17H,7-15H2,1-6H3,(H,25,28)(H2,22,23,24). The van der Waals surface area contributed by atoms with Gasteiger partial charge in [-0.15, -0.1) is 0 Å². The molecule has 0 spiro atoms. The second kappa shape index (κ2) is 13.3. The van der Waals surface area contributed by atoms with Gasteiger partial charge in [-0.1, -0.05) is 0 Å². The molecular formula is C21H41N5O4. The number of carbonyl (C=O) groups excluding carboxylic acids is 2. The zero-order valence-electron chi connectivity index (χ0n) is 19.5. The van der Waals surface area contributed by atoms with Crippen LogP contribution in [0.1, 0.15) is 59.8 Å². The molecule has 1 rings (SSSR count). The van der Waals surface area contributed by atoms with Crippen molar-refractivity contribution in [3.63, 3.8) is 0 Å². The molecule has 9 heteroatoms. The highest BCUT2D eigenvalue weighted by atomic mass is 16.6. The molecule has 3 N–H and O–H groups in total. The summed E-state index contributed by atoms with van der Waals surface area (Å²) in [6.07, 6.45) is 4.04. The Bertz CT molecular complexity index is 552. The minimum atomic E-state index is -0.494. The lowest BCUT2D eigenvalue weighted by Gasteiger charge is -2.31. The fourth-order valence-electron chi connectivity index (χ4n) is 3.02. The molecule has 1 saturated carbocycles. The maximum Gasteiger partial charge on any atom is 0.407 e. The second-order valence-corrected chi connectivity index (χ2v) is 8.77. The van der Waals surface area contributed by atoms with Crippen LogP contribution in [0, 0.1) is 0 Å². The molecule has 9 nitrogen and oxygen atoms in total. The summed E-state index contributed by atoms with van der Waals surface area (Å²) in [7, 11) is 3.44. The van der Waals surface area contributed by atoms with Crippen molar-refractivity contribution in [2.75, 3.05) is 40.4 Å². The van der Waals surface area contributed by atoms with E-state index in [1.165, 1.54) is 4.90 Å². The number of ether oxygens (including phenoxy) is 2. The van der Waals surface area contributed by atoms with E-state index in [0.29, 0.717) is 19.2 Å². The van der Waals surface area contributed by atoms with E-state index >= 15 is 0 Å². The maximum atomic E-state index is 12.0. The number of rotatable bonds is 9. The summed E-state index contributed by atoms with van der Waals surface area (Å²) in [6.45, 7) is 9.76. The molecule has 0 aromatic carbocycles. The number of hydrogen-bond donors (Lipinski definition) is 3. The Balaban J connectivity index is 2.49. The van der Waals surface area contributed by atoms with E-state index < -0.39 is 5.60 Å². The van der Waals surface area contributed by atoms with Crippen molar-refractivity contribution >= 4 is 18.0 Å². The van der Waals surface area contributed by atoms with Gasteiger partial charge in [0.1, 0.15) is 12.1 Å². The van der Waals surface area contributed by atoms with Crippen molar-refractivity contribution in [3.05, 3.63) is 0 Å². The zero-order chi connectivity index (χ0) is 22.6. The number of guanidine groups is 1. The molecule has 0 aromatic rings. The molecule has 0 aliphatic heterocycles. The van der Waals surface area contributed by atoms with Crippen LogP contribution in [0.4, 0.5) is 4.79 Å². The molecule has 0 radical (unpaired) electrons. The van der Waals surface area contributed by atoms with Gasteiger partial charge in [0.15, 0.2) is 5.96 Å². The van der Waals surface area contributed by atoms with Crippen LogP contribution in [0.25, 0.3) is 0 Å². The van der Waals surface area contributed by atoms with Crippen LogP contribution in [-0.2, 0) is 14.3 Å². The first-order valence-corrected chi connectivity index (χ1v) is 10.9. The monoisotopic (exact) mass is 427 g/mol. The fourth-order valence-corrected chi connectivity index (χ4v) is 3.02. The van der Waals surface area contributed by atoms with Gasteiger partial charge in [-0.25, -0.2) is 9.79 Å². The Labute approximate surface area is 181 Å². The van der Waals surface area contributed by atoms with Crippen LogP contribution in [0.5, 0.6) is 0 Å². The highest BCUT2D eigenvalue weighted by molar-refractivity contribution is 5.84. The Hall–Kier alpha value is -2.03. The molecule has 0 saturated heterocycles. The summed E-state index contributed by atoms with van der Waals surface area (Å²) in [4.78, 5) is 29.8. The summed E-state index contributed by atoms with van der Waals surface area (Å²) in [6, 6.07) is 0.363. The summed E-state index contributed by atoms with van der Waals surface area (Å²) < 4.78 is 10.7. The molecule has 0 atom stereocenters. The summed E-state index contributed by atoms with van der Waals surface area (Å²) in [5.41, 5.74) is -0.494. The lowest BCUT2D eigenvalue weighted by Crippen LogP contribution is -2.48. The average molecular weight is 428 g/mol. The molecule has 30 heavy (non-hydrogen) atoms. The first-order chi connectivity index (χ1) is 14.1. The smallest absolute Gasteiger partial charge is 0.407 e. The largest absolute Gasteiger partial charge is 0.444 e. The van der Waals surface area contributed by atoms with Crippen molar-refractivity contribution in [1.29, 1.82) is 0 Å². The van der Waals surface area contributed by atoms with E-state index in [-0.39, 0.29) is 30.6 Å². The number of nitrogens with one attached hydrogen (secondary N) is 3. The Morgan fingerprint density at radius 1 is 1.07 bits per heavy atom.